The maximum atomic E-state index is 2.54. The molecule has 0 unspecified atom stereocenters. The summed E-state index contributed by atoms with van der Waals surface area (Å²) < 4.78 is 0. The lowest BCUT2D eigenvalue weighted by atomic mass is 9.71. The van der Waals surface area contributed by atoms with Gasteiger partial charge in [-0.2, -0.15) is 0 Å². The van der Waals surface area contributed by atoms with E-state index < -0.39 is 0 Å². The smallest absolute Gasteiger partial charge is 0.0110 e. The summed E-state index contributed by atoms with van der Waals surface area (Å²) in [5, 5.41) is 0. The highest BCUT2D eigenvalue weighted by Gasteiger charge is 2.46. The minimum atomic E-state index is 0.579. The summed E-state index contributed by atoms with van der Waals surface area (Å²) in [7, 11) is 0. The lowest BCUT2D eigenvalue weighted by Crippen LogP contribution is -2.21. The van der Waals surface area contributed by atoms with Crippen molar-refractivity contribution in [3.05, 3.63) is 11.6 Å². The Hall–Kier alpha value is -0.260. The van der Waals surface area contributed by atoms with Crippen LogP contribution in [0, 0.1) is 10.8 Å². The van der Waals surface area contributed by atoms with Gasteiger partial charge in [-0.15, -0.1) is 0 Å². The van der Waals surface area contributed by atoms with Crippen LogP contribution in [0.1, 0.15) is 46.5 Å². The second-order valence-electron chi connectivity index (χ2n) is 5.37. The predicted octanol–water partition coefficient (Wildman–Crippen LogP) is 3.53. The van der Waals surface area contributed by atoms with Gasteiger partial charge in [0.05, 0.1) is 0 Å². The summed E-state index contributed by atoms with van der Waals surface area (Å²) in [6.07, 6.45) is 8.19. The van der Waals surface area contributed by atoms with Crippen molar-refractivity contribution in [1.82, 2.24) is 0 Å². The van der Waals surface area contributed by atoms with E-state index in [1.54, 1.807) is 5.57 Å². The summed E-state index contributed by atoms with van der Waals surface area (Å²) >= 11 is 0. The number of rotatable bonds is 0. The molecule has 0 aliphatic heterocycles. The summed E-state index contributed by atoms with van der Waals surface area (Å²) in [6.45, 7) is 7.11. The van der Waals surface area contributed by atoms with Crippen molar-refractivity contribution in [2.24, 2.45) is 10.8 Å². The number of allylic oxidation sites excluding steroid dienone is 2. The van der Waals surface area contributed by atoms with E-state index in [2.05, 4.69) is 26.8 Å². The van der Waals surface area contributed by atoms with Crippen LogP contribution in [0.2, 0.25) is 0 Å². The monoisotopic (exact) mass is 150 g/mol. The second kappa shape index (κ2) is 1.91. The molecule has 2 aliphatic carbocycles. The molecule has 2 aliphatic rings. The van der Waals surface area contributed by atoms with Gasteiger partial charge in [-0.05, 0) is 43.4 Å². The van der Waals surface area contributed by atoms with Crippen molar-refractivity contribution in [3.8, 4) is 0 Å². The Morgan fingerprint density at radius 2 is 1.91 bits per heavy atom. The zero-order valence-electron chi connectivity index (χ0n) is 7.91. The molecule has 0 heterocycles. The molecule has 1 saturated carbocycles. The van der Waals surface area contributed by atoms with Gasteiger partial charge < -0.3 is 0 Å². The fourth-order valence-corrected chi connectivity index (χ4v) is 2.88. The minimum Gasteiger partial charge on any atom is -0.0793 e. The van der Waals surface area contributed by atoms with E-state index in [0.29, 0.717) is 10.8 Å². The van der Waals surface area contributed by atoms with Crippen LogP contribution in [-0.4, -0.2) is 0 Å². The molecule has 1 fully saturated rings. The minimum absolute atomic E-state index is 0.579. The quantitative estimate of drug-likeness (QED) is 0.463. The van der Waals surface area contributed by atoms with Crippen molar-refractivity contribution in [2.45, 2.75) is 46.5 Å². The van der Waals surface area contributed by atoms with Crippen LogP contribution in [0.25, 0.3) is 0 Å². The summed E-state index contributed by atoms with van der Waals surface area (Å²) in [6, 6.07) is 0. The fourth-order valence-electron chi connectivity index (χ4n) is 2.88. The molecule has 0 amide bonds. The van der Waals surface area contributed by atoms with Crippen molar-refractivity contribution >= 4 is 0 Å². The lowest BCUT2D eigenvalue weighted by molar-refractivity contribution is 0.259. The molecule has 1 spiro atoms. The first-order valence-corrected chi connectivity index (χ1v) is 4.70. The molecule has 0 atom stereocenters. The maximum absolute atomic E-state index is 2.54. The third-order valence-electron chi connectivity index (χ3n) is 3.03. The van der Waals surface area contributed by atoms with E-state index in [4.69, 9.17) is 0 Å². The Balaban J connectivity index is 2.24. The van der Waals surface area contributed by atoms with Gasteiger partial charge in [0, 0.05) is 0 Å². The molecule has 62 valence electrons. The van der Waals surface area contributed by atoms with Gasteiger partial charge >= 0.3 is 0 Å². The molecule has 2 rings (SSSR count). The highest BCUT2D eigenvalue weighted by Crippen LogP contribution is 2.58. The van der Waals surface area contributed by atoms with Gasteiger partial charge in [0.2, 0.25) is 0 Å². The summed E-state index contributed by atoms with van der Waals surface area (Å²) in [4.78, 5) is 0. The molecule has 0 aromatic carbocycles. The van der Waals surface area contributed by atoms with Crippen molar-refractivity contribution in [1.29, 1.82) is 0 Å². The van der Waals surface area contributed by atoms with Crippen molar-refractivity contribution < 1.29 is 0 Å². The van der Waals surface area contributed by atoms with Gasteiger partial charge in [0.25, 0.3) is 0 Å². The Bertz CT molecular complexity index is 204. The van der Waals surface area contributed by atoms with Gasteiger partial charge in [-0.25, -0.2) is 0 Å². The Labute approximate surface area is 69.7 Å². The summed E-state index contributed by atoms with van der Waals surface area (Å²) in [5.74, 6) is 0. The highest BCUT2D eigenvalue weighted by atomic mass is 14.5. The number of hydrogen-bond acceptors (Lipinski definition) is 0. The van der Waals surface area contributed by atoms with Crippen LogP contribution in [0.5, 0.6) is 0 Å². The van der Waals surface area contributed by atoms with Gasteiger partial charge in [0.1, 0.15) is 0 Å². The molecule has 0 N–H and O–H groups in total. The molecule has 0 aromatic rings. The molecule has 0 radical (unpaired) electrons. The first kappa shape index (κ1) is 7.39. The summed E-state index contributed by atoms with van der Waals surface area (Å²) in [5.41, 5.74) is 2.88. The zero-order chi connectivity index (χ0) is 8.11. The highest BCUT2D eigenvalue weighted by molar-refractivity contribution is 5.20. The average molecular weight is 150 g/mol. The van der Waals surface area contributed by atoms with Crippen LogP contribution in [0.15, 0.2) is 11.6 Å². The van der Waals surface area contributed by atoms with E-state index in [0.717, 1.165) is 0 Å². The van der Waals surface area contributed by atoms with Crippen molar-refractivity contribution in [2.75, 3.05) is 0 Å². The molecular weight excluding hydrogens is 132 g/mol. The van der Waals surface area contributed by atoms with Gasteiger partial charge in [-0.3, -0.25) is 0 Å². The van der Waals surface area contributed by atoms with Crippen LogP contribution >= 0.6 is 0 Å². The van der Waals surface area contributed by atoms with E-state index >= 15 is 0 Å². The molecule has 0 aromatic heterocycles. The lowest BCUT2D eigenvalue weighted by Gasteiger charge is -2.34. The molecule has 0 saturated heterocycles. The Morgan fingerprint density at radius 1 is 1.27 bits per heavy atom. The molecule has 0 bridgehead atoms. The fraction of sp³-hybridized carbons (Fsp3) is 0.818. The van der Waals surface area contributed by atoms with Gasteiger partial charge in [0.15, 0.2) is 0 Å². The zero-order valence-corrected chi connectivity index (χ0v) is 7.91. The van der Waals surface area contributed by atoms with Crippen LogP contribution in [0.4, 0.5) is 0 Å². The topological polar surface area (TPSA) is 0 Å². The van der Waals surface area contributed by atoms with E-state index in [-0.39, 0.29) is 0 Å². The van der Waals surface area contributed by atoms with E-state index in [9.17, 15) is 0 Å². The maximum Gasteiger partial charge on any atom is -0.0110 e. The Kier molecular flexibility index (Phi) is 1.28. The van der Waals surface area contributed by atoms with Crippen molar-refractivity contribution in [3.63, 3.8) is 0 Å². The Morgan fingerprint density at radius 3 is 2.36 bits per heavy atom. The van der Waals surface area contributed by atoms with Gasteiger partial charge in [-0.1, -0.05) is 25.5 Å². The standard InChI is InChI=1S/C11H18/c1-9-6-10(2,3)8-11(7-9)4-5-11/h7H,4-6,8H2,1-3H3. The average Bonchev–Trinajstić information content (AvgIpc) is 2.41. The predicted molar refractivity (Wildman–Crippen MR) is 48.4 cm³/mol. The van der Waals surface area contributed by atoms with Crippen LogP contribution in [0.3, 0.4) is 0 Å². The first-order chi connectivity index (χ1) is 5.02. The third-order valence-corrected chi connectivity index (χ3v) is 3.03. The first-order valence-electron chi connectivity index (χ1n) is 4.70. The normalized spacial score (nSPS) is 31.7. The molecular formula is C11H18. The second-order valence-corrected chi connectivity index (χ2v) is 5.37. The largest absolute Gasteiger partial charge is 0.0793 e. The molecule has 11 heavy (non-hydrogen) atoms. The third kappa shape index (κ3) is 1.36. The van der Waals surface area contributed by atoms with E-state index in [1.165, 1.54) is 25.7 Å². The molecule has 0 heteroatoms. The SMILES string of the molecule is CC1=CC2(CC2)CC(C)(C)C1. The van der Waals surface area contributed by atoms with E-state index in [1.807, 2.05) is 0 Å². The van der Waals surface area contributed by atoms with Crippen LogP contribution < -0.4 is 0 Å². The molecule has 0 nitrogen and oxygen atoms in total. The number of hydrogen-bond donors (Lipinski definition) is 0. The van der Waals surface area contributed by atoms with Crippen LogP contribution in [-0.2, 0) is 0 Å².